The van der Waals surface area contributed by atoms with Crippen LogP contribution < -0.4 is 19.4 Å². The predicted molar refractivity (Wildman–Crippen MR) is 133 cm³/mol. The molecule has 0 bridgehead atoms. The first-order valence-corrected chi connectivity index (χ1v) is 11.6. The first-order chi connectivity index (χ1) is 16.1. The molecule has 0 radical (unpaired) electrons. The fourth-order valence-corrected chi connectivity index (χ4v) is 4.70. The topological polar surface area (TPSA) is 73.4 Å². The van der Waals surface area contributed by atoms with Crippen molar-refractivity contribution in [1.82, 2.24) is 4.90 Å². The molecule has 34 heavy (non-hydrogen) atoms. The lowest BCUT2D eigenvalue weighted by Crippen LogP contribution is -2.51. The van der Waals surface area contributed by atoms with Crippen molar-refractivity contribution >= 4 is 34.8 Å². The molecule has 8 nitrogen and oxygen atoms in total. The molecule has 0 aliphatic carbocycles. The van der Waals surface area contributed by atoms with Crippen molar-refractivity contribution in [2.24, 2.45) is 0 Å². The van der Waals surface area contributed by atoms with Crippen LogP contribution >= 0.6 is 0 Å². The van der Waals surface area contributed by atoms with Gasteiger partial charge in [0.15, 0.2) is 5.78 Å². The van der Waals surface area contributed by atoms with Gasteiger partial charge >= 0.3 is 6.03 Å². The maximum atomic E-state index is 13.1. The van der Waals surface area contributed by atoms with Crippen LogP contribution in [0.4, 0.5) is 21.9 Å². The Labute approximate surface area is 200 Å². The lowest BCUT2D eigenvalue weighted by Gasteiger charge is -2.37. The molecule has 1 unspecified atom stereocenters. The number of hydrogen-bond donors (Lipinski definition) is 0. The molecule has 2 aromatic rings. The molecule has 2 aliphatic heterocycles. The largest absolute Gasteiger partial charge is 0.497 e. The van der Waals surface area contributed by atoms with E-state index in [1.165, 1.54) is 22.4 Å². The Kier molecular flexibility index (Phi) is 6.25. The molecule has 180 valence electrons. The molecule has 8 heteroatoms. The Hall–Kier alpha value is -3.55. The number of rotatable bonds is 6. The number of benzene rings is 2. The van der Waals surface area contributed by atoms with Gasteiger partial charge in [-0.1, -0.05) is 0 Å². The lowest BCUT2D eigenvalue weighted by atomic mass is 10.0. The number of carbonyl (C=O) groups is 3. The first-order valence-electron chi connectivity index (χ1n) is 11.6. The monoisotopic (exact) mass is 464 g/mol. The molecule has 2 aliphatic rings. The van der Waals surface area contributed by atoms with Gasteiger partial charge in [-0.2, -0.15) is 0 Å². The van der Waals surface area contributed by atoms with Crippen molar-refractivity contribution in [2.75, 3.05) is 48.0 Å². The average Bonchev–Trinajstić information content (AvgIpc) is 3.02. The van der Waals surface area contributed by atoms with Crippen molar-refractivity contribution in [3.63, 3.8) is 0 Å². The van der Waals surface area contributed by atoms with Crippen molar-refractivity contribution < 1.29 is 19.1 Å². The number of urea groups is 1. The van der Waals surface area contributed by atoms with Crippen molar-refractivity contribution in [3.05, 3.63) is 48.5 Å². The highest BCUT2D eigenvalue weighted by Crippen LogP contribution is 2.34. The second-order valence-electron chi connectivity index (χ2n) is 9.33. The van der Waals surface area contributed by atoms with E-state index in [9.17, 15) is 14.4 Å². The second-order valence-corrected chi connectivity index (χ2v) is 9.33. The smallest absolute Gasteiger partial charge is 0.332 e. The summed E-state index contributed by atoms with van der Waals surface area (Å²) in [7, 11) is 1.66. The fraction of sp³-hybridized carbons (Fsp3) is 0.423. The van der Waals surface area contributed by atoms with Crippen LogP contribution in [0.3, 0.4) is 0 Å². The Morgan fingerprint density at radius 1 is 0.853 bits per heavy atom. The average molecular weight is 465 g/mol. The minimum Gasteiger partial charge on any atom is -0.497 e. The van der Waals surface area contributed by atoms with Gasteiger partial charge in [-0.3, -0.25) is 9.59 Å². The molecule has 2 saturated heterocycles. The van der Waals surface area contributed by atoms with Crippen LogP contribution in [-0.2, 0) is 9.59 Å². The standard InChI is InChI=1S/C26H32N4O4/c1-18(19(2)31)30-25(33)29(24(32)26(30,3)4)22-8-6-20(7-9-22)27-14-16-28(17-15-27)21-10-12-23(34-5)13-11-21/h6-13,18H,14-17H2,1-5H3. The number of methoxy groups -OCH3 is 1. The minimum absolute atomic E-state index is 0.153. The Morgan fingerprint density at radius 2 is 1.29 bits per heavy atom. The number of hydrogen-bond acceptors (Lipinski definition) is 6. The molecule has 0 saturated carbocycles. The number of piperazine rings is 1. The Balaban J connectivity index is 1.45. The normalized spacial score (nSPS) is 19.0. The van der Waals surface area contributed by atoms with Crippen LogP contribution in [0.1, 0.15) is 27.7 Å². The number of imide groups is 1. The predicted octanol–water partition coefficient (Wildman–Crippen LogP) is 3.55. The number of amides is 3. The fourth-order valence-electron chi connectivity index (χ4n) is 4.70. The van der Waals surface area contributed by atoms with E-state index in [1.807, 2.05) is 24.3 Å². The van der Waals surface area contributed by atoms with E-state index >= 15 is 0 Å². The summed E-state index contributed by atoms with van der Waals surface area (Å²) in [5.74, 6) is 0.367. The summed E-state index contributed by atoms with van der Waals surface area (Å²) >= 11 is 0. The molecule has 1 atom stereocenters. The third-order valence-corrected chi connectivity index (χ3v) is 6.89. The zero-order valence-corrected chi connectivity index (χ0v) is 20.4. The van der Waals surface area contributed by atoms with E-state index < -0.39 is 17.6 Å². The van der Waals surface area contributed by atoms with Gasteiger partial charge in [0, 0.05) is 37.6 Å². The molecule has 3 amide bonds. The van der Waals surface area contributed by atoms with Gasteiger partial charge in [-0.25, -0.2) is 9.69 Å². The summed E-state index contributed by atoms with van der Waals surface area (Å²) in [6, 6.07) is 14.5. The zero-order valence-electron chi connectivity index (χ0n) is 20.4. The van der Waals surface area contributed by atoms with E-state index in [0.717, 1.165) is 37.6 Å². The van der Waals surface area contributed by atoms with Crippen LogP contribution in [0.15, 0.2) is 48.5 Å². The maximum Gasteiger partial charge on any atom is 0.332 e. The van der Waals surface area contributed by atoms with Crippen LogP contribution in [0.2, 0.25) is 0 Å². The summed E-state index contributed by atoms with van der Waals surface area (Å²) in [5, 5.41) is 0. The molecule has 0 aromatic heterocycles. The number of ether oxygens (including phenoxy) is 1. The summed E-state index contributed by atoms with van der Waals surface area (Å²) < 4.78 is 5.24. The van der Waals surface area contributed by atoms with Gasteiger partial charge in [-0.05, 0) is 76.2 Å². The highest BCUT2D eigenvalue weighted by atomic mass is 16.5. The van der Waals surface area contributed by atoms with Crippen LogP contribution in [0.5, 0.6) is 5.75 Å². The highest BCUT2D eigenvalue weighted by molar-refractivity contribution is 6.23. The molecule has 0 spiro atoms. The van der Waals surface area contributed by atoms with Gasteiger partial charge in [0.25, 0.3) is 5.91 Å². The quantitative estimate of drug-likeness (QED) is 0.609. The number of anilines is 3. The molecule has 2 heterocycles. The molecule has 2 fully saturated rings. The lowest BCUT2D eigenvalue weighted by molar-refractivity contribution is -0.127. The number of nitrogens with zero attached hydrogens (tertiary/aromatic N) is 4. The zero-order chi connectivity index (χ0) is 24.6. The second kappa shape index (κ2) is 9.00. The third-order valence-electron chi connectivity index (χ3n) is 6.89. The number of ketones is 1. The van der Waals surface area contributed by atoms with Crippen molar-refractivity contribution in [1.29, 1.82) is 0 Å². The minimum atomic E-state index is -1.08. The Bertz CT molecular complexity index is 1070. The molecule has 2 aromatic carbocycles. The van der Waals surface area contributed by atoms with Crippen LogP contribution in [0, 0.1) is 0 Å². The van der Waals surface area contributed by atoms with E-state index in [1.54, 1.807) is 40.0 Å². The van der Waals surface area contributed by atoms with Crippen LogP contribution in [-0.4, -0.2) is 67.5 Å². The first kappa shape index (κ1) is 23.6. The molecule has 4 rings (SSSR count). The highest BCUT2D eigenvalue weighted by Gasteiger charge is 2.54. The van der Waals surface area contributed by atoms with Crippen molar-refractivity contribution in [3.8, 4) is 5.75 Å². The number of Topliss-reactive ketones (excluding diaryl/α,β-unsaturated/α-hetero) is 1. The third kappa shape index (κ3) is 4.08. The molecular formula is C26H32N4O4. The van der Waals surface area contributed by atoms with Gasteiger partial charge in [0.05, 0.1) is 18.8 Å². The summed E-state index contributed by atoms with van der Waals surface area (Å²) in [6.45, 7) is 9.98. The van der Waals surface area contributed by atoms with E-state index in [0.29, 0.717) is 5.69 Å². The number of carbonyl (C=O) groups excluding carboxylic acids is 3. The van der Waals surface area contributed by atoms with E-state index in [4.69, 9.17) is 4.74 Å². The van der Waals surface area contributed by atoms with Gasteiger partial charge < -0.3 is 19.4 Å². The summed E-state index contributed by atoms with van der Waals surface area (Å²) in [4.78, 5) is 45.4. The van der Waals surface area contributed by atoms with E-state index in [-0.39, 0.29) is 11.7 Å². The summed E-state index contributed by atoms with van der Waals surface area (Å²) in [6.07, 6.45) is 0. The van der Waals surface area contributed by atoms with Gasteiger partial charge in [-0.15, -0.1) is 0 Å². The van der Waals surface area contributed by atoms with Gasteiger partial charge in [0.1, 0.15) is 11.3 Å². The maximum absolute atomic E-state index is 13.1. The molecule has 0 N–H and O–H groups in total. The van der Waals surface area contributed by atoms with Gasteiger partial charge in [0.2, 0.25) is 0 Å². The Morgan fingerprint density at radius 3 is 1.74 bits per heavy atom. The SMILES string of the molecule is COc1ccc(N2CCN(c3ccc(N4C(=O)N(C(C)C(C)=O)C(C)(C)C4=O)cc3)CC2)cc1. The van der Waals surface area contributed by atoms with Crippen LogP contribution in [0.25, 0.3) is 0 Å². The van der Waals surface area contributed by atoms with Crippen molar-refractivity contribution in [2.45, 2.75) is 39.3 Å². The molecular weight excluding hydrogens is 432 g/mol. The summed E-state index contributed by atoms with van der Waals surface area (Å²) in [5.41, 5.74) is 1.65. The van der Waals surface area contributed by atoms with E-state index in [2.05, 4.69) is 21.9 Å².